The van der Waals surface area contributed by atoms with Gasteiger partial charge in [0.1, 0.15) is 5.15 Å². The van der Waals surface area contributed by atoms with E-state index in [2.05, 4.69) is 16.3 Å². The van der Waals surface area contributed by atoms with Gasteiger partial charge in [0, 0.05) is 19.1 Å². The van der Waals surface area contributed by atoms with Crippen LogP contribution in [0.25, 0.3) is 0 Å². The van der Waals surface area contributed by atoms with Gasteiger partial charge in [-0.25, -0.2) is 4.98 Å². The summed E-state index contributed by atoms with van der Waals surface area (Å²) in [7, 11) is 0. The number of hydrogen-bond donors (Lipinski definition) is 1. The lowest BCUT2D eigenvalue weighted by Gasteiger charge is -2.15. The van der Waals surface area contributed by atoms with Gasteiger partial charge < -0.3 is 5.32 Å². The SMILES string of the molecule is C#CN1CCCNc2nc(Cl)ccc21. The van der Waals surface area contributed by atoms with Crippen LogP contribution >= 0.6 is 11.6 Å². The van der Waals surface area contributed by atoms with Crippen molar-refractivity contribution in [3.05, 3.63) is 17.3 Å². The Morgan fingerprint density at radius 3 is 3.21 bits per heavy atom. The molecule has 0 atom stereocenters. The minimum atomic E-state index is 0.482. The molecule has 0 amide bonds. The number of halogens is 1. The Morgan fingerprint density at radius 2 is 2.43 bits per heavy atom. The molecule has 72 valence electrons. The van der Waals surface area contributed by atoms with E-state index >= 15 is 0 Å². The zero-order valence-electron chi connectivity index (χ0n) is 7.63. The highest BCUT2D eigenvalue weighted by atomic mass is 35.5. The van der Waals surface area contributed by atoms with Gasteiger partial charge in [0.2, 0.25) is 0 Å². The second-order valence-corrected chi connectivity index (χ2v) is 3.45. The first-order chi connectivity index (χ1) is 6.81. The number of terminal acetylenes is 1. The monoisotopic (exact) mass is 207 g/mol. The van der Waals surface area contributed by atoms with E-state index in [9.17, 15) is 0 Å². The Bertz CT molecular complexity index is 383. The molecule has 1 aliphatic heterocycles. The van der Waals surface area contributed by atoms with E-state index in [1.165, 1.54) is 0 Å². The van der Waals surface area contributed by atoms with Crippen LogP contribution in [0.2, 0.25) is 5.15 Å². The zero-order chi connectivity index (χ0) is 9.97. The maximum absolute atomic E-state index is 5.80. The number of nitrogens with zero attached hydrogens (tertiary/aromatic N) is 2. The first-order valence-corrected chi connectivity index (χ1v) is 4.83. The van der Waals surface area contributed by atoms with Crippen LogP contribution in [-0.2, 0) is 0 Å². The fourth-order valence-corrected chi connectivity index (χ4v) is 1.62. The van der Waals surface area contributed by atoms with Crippen molar-refractivity contribution in [1.29, 1.82) is 0 Å². The molecule has 0 bridgehead atoms. The van der Waals surface area contributed by atoms with Crippen LogP contribution in [0.15, 0.2) is 12.1 Å². The van der Waals surface area contributed by atoms with Gasteiger partial charge in [0.15, 0.2) is 5.82 Å². The highest BCUT2D eigenvalue weighted by molar-refractivity contribution is 6.29. The summed E-state index contributed by atoms with van der Waals surface area (Å²) in [4.78, 5) is 6.03. The van der Waals surface area contributed by atoms with Crippen molar-refractivity contribution >= 4 is 23.1 Å². The standard InChI is InChI=1S/C10H10ClN3/c1-2-14-7-3-6-12-10-8(14)4-5-9(11)13-10/h1,4-5H,3,6-7H2,(H,12,13). The number of rotatable bonds is 0. The molecule has 3 nitrogen and oxygen atoms in total. The molecule has 14 heavy (non-hydrogen) atoms. The van der Waals surface area contributed by atoms with E-state index in [0.29, 0.717) is 5.15 Å². The van der Waals surface area contributed by atoms with Gasteiger partial charge in [-0.15, -0.1) is 0 Å². The molecule has 0 saturated heterocycles. The predicted octanol–water partition coefficient (Wildman–Crippen LogP) is 1.95. The highest BCUT2D eigenvalue weighted by Crippen LogP contribution is 2.27. The topological polar surface area (TPSA) is 28.2 Å². The third kappa shape index (κ3) is 1.61. The Kier molecular flexibility index (Phi) is 2.47. The number of nitrogens with one attached hydrogen (secondary N) is 1. The first-order valence-electron chi connectivity index (χ1n) is 4.45. The Morgan fingerprint density at radius 1 is 1.57 bits per heavy atom. The maximum Gasteiger partial charge on any atom is 0.152 e. The third-order valence-corrected chi connectivity index (χ3v) is 2.35. The van der Waals surface area contributed by atoms with Gasteiger partial charge in [0.25, 0.3) is 0 Å². The minimum Gasteiger partial charge on any atom is -0.368 e. The van der Waals surface area contributed by atoms with Crippen LogP contribution in [0, 0.1) is 12.5 Å². The van der Waals surface area contributed by atoms with Gasteiger partial charge >= 0.3 is 0 Å². The van der Waals surface area contributed by atoms with E-state index in [-0.39, 0.29) is 0 Å². The normalized spacial score (nSPS) is 15.0. The lowest BCUT2D eigenvalue weighted by atomic mass is 10.3. The lowest BCUT2D eigenvalue weighted by Crippen LogP contribution is -2.16. The smallest absolute Gasteiger partial charge is 0.152 e. The van der Waals surface area contributed by atoms with Crippen molar-refractivity contribution in [2.45, 2.75) is 6.42 Å². The molecular weight excluding hydrogens is 198 g/mol. The molecule has 0 spiro atoms. The molecule has 0 radical (unpaired) electrons. The molecule has 4 heteroatoms. The summed E-state index contributed by atoms with van der Waals surface area (Å²) in [5, 5.41) is 3.68. The largest absolute Gasteiger partial charge is 0.368 e. The minimum absolute atomic E-state index is 0.482. The molecule has 1 aromatic heterocycles. The molecule has 1 aliphatic rings. The maximum atomic E-state index is 5.80. The summed E-state index contributed by atoms with van der Waals surface area (Å²) in [6, 6.07) is 6.27. The summed E-state index contributed by atoms with van der Waals surface area (Å²) >= 11 is 5.80. The van der Waals surface area contributed by atoms with Crippen LogP contribution in [-0.4, -0.2) is 18.1 Å². The molecule has 0 saturated carbocycles. The number of anilines is 2. The lowest BCUT2D eigenvalue weighted by molar-refractivity contribution is 0.870. The molecule has 0 aromatic carbocycles. The summed E-state index contributed by atoms with van der Waals surface area (Å²) in [6.45, 7) is 1.72. The van der Waals surface area contributed by atoms with Crippen molar-refractivity contribution < 1.29 is 0 Å². The molecule has 2 heterocycles. The fraction of sp³-hybridized carbons (Fsp3) is 0.300. The zero-order valence-corrected chi connectivity index (χ0v) is 8.38. The van der Waals surface area contributed by atoms with Gasteiger partial charge in [-0.2, -0.15) is 0 Å². The molecule has 2 rings (SSSR count). The van der Waals surface area contributed by atoms with E-state index < -0.39 is 0 Å². The fourth-order valence-electron chi connectivity index (χ4n) is 1.47. The van der Waals surface area contributed by atoms with Crippen LogP contribution in [0.4, 0.5) is 11.5 Å². The van der Waals surface area contributed by atoms with Crippen molar-refractivity contribution in [3.63, 3.8) is 0 Å². The van der Waals surface area contributed by atoms with Crippen molar-refractivity contribution in [3.8, 4) is 12.5 Å². The third-order valence-electron chi connectivity index (χ3n) is 2.14. The number of fused-ring (bicyclic) bond motifs is 1. The Balaban J connectivity index is 2.45. The molecule has 0 unspecified atom stereocenters. The molecule has 0 fully saturated rings. The van der Waals surface area contributed by atoms with E-state index in [1.807, 2.05) is 11.0 Å². The summed E-state index contributed by atoms with van der Waals surface area (Å²) in [5.74, 6) is 0.771. The van der Waals surface area contributed by atoms with E-state index in [1.54, 1.807) is 6.07 Å². The van der Waals surface area contributed by atoms with Gasteiger partial charge in [-0.05, 0) is 18.6 Å². The van der Waals surface area contributed by atoms with Crippen LogP contribution < -0.4 is 10.2 Å². The average molecular weight is 208 g/mol. The number of hydrogen-bond acceptors (Lipinski definition) is 3. The molecular formula is C10H10ClN3. The second kappa shape index (κ2) is 3.77. The van der Waals surface area contributed by atoms with Crippen molar-refractivity contribution in [2.75, 3.05) is 23.3 Å². The van der Waals surface area contributed by atoms with Crippen LogP contribution in [0.5, 0.6) is 0 Å². The van der Waals surface area contributed by atoms with Crippen molar-refractivity contribution in [1.82, 2.24) is 4.98 Å². The van der Waals surface area contributed by atoms with Crippen LogP contribution in [0.1, 0.15) is 6.42 Å². The van der Waals surface area contributed by atoms with Gasteiger partial charge in [-0.1, -0.05) is 18.0 Å². The highest BCUT2D eigenvalue weighted by Gasteiger charge is 2.14. The van der Waals surface area contributed by atoms with Crippen LogP contribution in [0.3, 0.4) is 0 Å². The Labute approximate surface area is 88.1 Å². The first kappa shape index (κ1) is 9.17. The van der Waals surface area contributed by atoms with Gasteiger partial charge in [-0.3, -0.25) is 4.90 Å². The summed E-state index contributed by atoms with van der Waals surface area (Å²) in [5.41, 5.74) is 0.925. The summed E-state index contributed by atoms with van der Waals surface area (Å²) in [6.07, 6.45) is 6.41. The molecule has 0 aliphatic carbocycles. The van der Waals surface area contributed by atoms with Crippen molar-refractivity contribution in [2.24, 2.45) is 0 Å². The van der Waals surface area contributed by atoms with Gasteiger partial charge in [0.05, 0.1) is 5.69 Å². The summed E-state index contributed by atoms with van der Waals surface area (Å²) < 4.78 is 0. The quantitative estimate of drug-likeness (QED) is 0.521. The molecule has 1 N–H and O–H groups in total. The van der Waals surface area contributed by atoms with E-state index in [0.717, 1.165) is 31.0 Å². The Hall–Kier alpha value is -1.40. The predicted molar refractivity (Wildman–Crippen MR) is 58.5 cm³/mol. The number of pyridine rings is 1. The van der Waals surface area contributed by atoms with E-state index in [4.69, 9.17) is 18.0 Å². The second-order valence-electron chi connectivity index (χ2n) is 3.06. The average Bonchev–Trinajstić information content (AvgIpc) is 2.38. The molecule has 1 aromatic rings. The number of aromatic nitrogens is 1.